The van der Waals surface area contributed by atoms with Crippen molar-refractivity contribution in [2.24, 2.45) is 0 Å². The van der Waals surface area contributed by atoms with Gasteiger partial charge in [0.05, 0.1) is 17.7 Å². The van der Waals surface area contributed by atoms with Gasteiger partial charge in [0.2, 0.25) is 0 Å². The van der Waals surface area contributed by atoms with Gasteiger partial charge in [0.15, 0.2) is 0 Å². The van der Waals surface area contributed by atoms with Crippen molar-refractivity contribution in [1.29, 1.82) is 0 Å². The third-order valence-electron chi connectivity index (χ3n) is 3.74. The van der Waals surface area contributed by atoms with Gasteiger partial charge < -0.3 is 14.1 Å². The quantitative estimate of drug-likeness (QED) is 0.446. The molecule has 0 unspecified atom stereocenters. The molecule has 0 aliphatic heterocycles. The van der Waals surface area contributed by atoms with Crippen LogP contribution in [-0.2, 0) is 6.54 Å². The van der Waals surface area contributed by atoms with Gasteiger partial charge >= 0.3 is 5.63 Å². The number of fused-ring (bicyclic) bond motifs is 1. The van der Waals surface area contributed by atoms with Crippen LogP contribution in [0.4, 0.5) is 5.69 Å². The largest absolute Gasteiger partial charge is 0.508 e. The fraction of sp³-hybridized carbons (Fsp3) is 0.125. The van der Waals surface area contributed by atoms with E-state index in [1.165, 1.54) is 12.1 Å². The van der Waals surface area contributed by atoms with Crippen molar-refractivity contribution in [2.75, 3.05) is 0 Å². The molecule has 0 spiro atoms. The van der Waals surface area contributed by atoms with Gasteiger partial charge in [0, 0.05) is 29.1 Å². The Morgan fingerprint density at radius 3 is 2.71 bits per heavy atom. The van der Waals surface area contributed by atoms with Crippen molar-refractivity contribution < 1.29 is 14.4 Å². The number of nitrogens with zero attached hydrogens (tertiary/aromatic N) is 2. The Bertz CT molecular complexity index is 1080. The number of hydrogen-bond donors (Lipinski definition) is 1. The van der Waals surface area contributed by atoms with E-state index in [0.29, 0.717) is 16.5 Å². The number of pyridine rings is 1. The zero-order valence-corrected chi connectivity index (χ0v) is 12.6. The van der Waals surface area contributed by atoms with Gasteiger partial charge in [0.25, 0.3) is 11.2 Å². The Morgan fingerprint density at radius 2 is 2.00 bits per heavy atom. The third-order valence-corrected chi connectivity index (χ3v) is 3.74. The van der Waals surface area contributed by atoms with Crippen LogP contribution in [0.5, 0.6) is 5.75 Å². The monoisotopic (exact) mass is 328 g/mol. The molecular formula is C16H12N2O6. The molecule has 0 radical (unpaired) electrons. The summed E-state index contributed by atoms with van der Waals surface area (Å²) in [6, 6.07) is 6.47. The van der Waals surface area contributed by atoms with E-state index < -0.39 is 16.1 Å². The van der Waals surface area contributed by atoms with Gasteiger partial charge in [-0.2, -0.15) is 0 Å². The van der Waals surface area contributed by atoms with E-state index in [2.05, 4.69) is 0 Å². The molecule has 3 rings (SSSR count). The predicted molar refractivity (Wildman–Crippen MR) is 85.3 cm³/mol. The average Bonchev–Trinajstić information content (AvgIpc) is 2.53. The van der Waals surface area contributed by atoms with Crippen molar-refractivity contribution >= 4 is 16.7 Å². The molecule has 8 heteroatoms. The smallest absolute Gasteiger partial charge is 0.336 e. The second-order valence-electron chi connectivity index (χ2n) is 5.29. The molecule has 0 saturated carbocycles. The highest BCUT2D eigenvalue weighted by molar-refractivity contribution is 5.84. The van der Waals surface area contributed by atoms with Crippen molar-refractivity contribution in [1.82, 2.24) is 4.57 Å². The third kappa shape index (κ3) is 2.65. The topological polar surface area (TPSA) is 116 Å². The van der Waals surface area contributed by atoms with E-state index in [9.17, 15) is 24.8 Å². The molecule has 3 aromatic rings. The lowest BCUT2D eigenvalue weighted by Crippen LogP contribution is -2.20. The van der Waals surface area contributed by atoms with Crippen molar-refractivity contribution in [3.8, 4) is 5.75 Å². The van der Waals surface area contributed by atoms with Gasteiger partial charge in [0.1, 0.15) is 11.3 Å². The van der Waals surface area contributed by atoms with Crippen molar-refractivity contribution in [3.05, 3.63) is 78.5 Å². The fourth-order valence-corrected chi connectivity index (χ4v) is 2.48. The molecular weight excluding hydrogens is 316 g/mol. The predicted octanol–water partition coefficient (Wildman–Crippen LogP) is 1.93. The van der Waals surface area contributed by atoms with Crippen molar-refractivity contribution in [2.45, 2.75) is 13.5 Å². The molecule has 1 N–H and O–H groups in total. The highest BCUT2D eigenvalue weighted by Gasteiger charge is 2.13. The van der Waals surface area contributed by atoms with Gasteiger partial charge in [-0.05, 0) is 24.6 Å². The number of hydrogen-bond acceptors (Lipinski definition) is 6. The number of phenolic OH excluding ortho intramolecular Hbond substituents is 1. The minimum Gasteiger partial charge on any atom is -0.508 e. The second kappa shape index (κ2) is 5.65. The molecule has 2 heterocycles. The molecule has 0 fully saturated rings. The SMILES string of the molecule is Cc1c(O)ccc2c(Cn3cc([N+](=O)[O-])ccc3=O)cc(=O)oc12. The summed E-state index contributed by atoms with van der Waals surface area (Å²) < 4.78 is 6.28. The zero-order chi connectivity index (χ0) is 17.4. The molecule has 0 aliphatic carbocycles. The number of nitro groups is 1. The number of aryl methyl sites for hydroxylation is 1. The molecule has 0 bridgehead atoms. The lowest BCUT2D eigenvalue weighted by atomic mass is 10.1. The summed E-state index contributed by atoms with van der Waals surface area (Å²) in [5.74, 6) is -0.0182. The van der Waals surface area contributed by atoms with E-state index in [1.54, 1.807) is 13.0 Å². The summed E-state index contributed by atoms with van der Waals surface area (Å²) >= 11 is 0. The van der Waals surface area contributed by atoms with E-state index in [1.807, 2.05) is 0 Å². The minimum absolute atomic E-state index is 0.0182. The molecule has 2 aromatic heterocycles. The van der Waals surface area contributed by atoms with E-state index in [4.69, 9.17) is 4.42 Å². The summed E-state index contributed by atoms with van der Waals surface area (Å²) in [5.41, 5.74) is -0.210. The van der Waals surface area contributed by atoms with Crippen LogP contribution in [-0.4, -0.2) is 14.6 Å². The Hall–Kier alpha value is -3.42. The molecule has 0 atom stereocenters. The summed E-state index contributed by atoms with van der Waals surface area (Å²) in [7, 11) is 0. The Balaban J connectivity index is 2.20. The normalized spacial score (nSPS) is 10.9. The van der Waals surface area contributed by atoms with Crippen molar-refractivity contribution in [3.63, 3.8) is 0 Å². The van der Waals surface area contributed by atoms with Crippen LogP contribution in [0.1, 0.15) is 11.1 Å². The van der Waals surface area contributed by atoms with Crippen LogP contribution < -0.4 is 11.2 Å². The van der Waals surface area contributed by atoms with Crippen LogP contribution in [0, 0.1) is 17.0 Å². The maximum atomic E-state index is 11.9. The number of aromatic nitrogens is 1. The molecule has 0 aliphatic rings. The summed E-state index contributed by atoms with van der Waals surface area (Å²) in [6.07, 6.45) is 1.12. The number of aromatic hydroxyl groups is 1. The average molecular weight is 328 g/mol. The number of benzene rings is 1. The van der Waals surface area contributed by atoms with Gasteiger partial charge in [-0.3, -0.25) is 14.9 Å². The van der Waals surface area contributed by atoms with Crippen LogP contribution in [0.2, 0.25) is 0 Å². The maximum absolute atomic E-state index is 11.9. The van der Waals surface area contributed by atoms with Crippen LogP contribution >= 0.6 is 0 Å². The van der Waals surface area contributed by atoms with Crippen LogP contribution in [0.15, 0.2) is 50.5 Å². The fourth-order valence-electron chi connectivity index (χ4n) is 2.48. The first kappa shape index (κ1) is 15.5. The lowest BCUT2D eigenvalue weighted by Gasteiger charge is -2.10. The van der Waals surface area contributed by atoms with Crippen LogP contribution in [0.3, 0.4) is 0 Å². The van der Waals surface area contributed by atoms with E-state index in [0.717, 1.165) is 22.9 Å². The molecule has 0 saturated heterocycles. The van der Waals surface area contributed by atoms with Crippen LogP contribution in [0.25, 0.3) is 11.0 Å². The Morgan fingerprint density at radius 1 is 1.25 bits per heavy atom. The van der Waals surface area contributed by atoms with Gasteiger partial charge in [-0.1, -0.05) is 0 Å². The minimum atomic E-state index is -0.635. The van der Waals surface area contributed by atoms with E-state index in [-0.39, 0.29) is 23.6 Å². The molecule has 1 aromatic carbocycles. The summed E-state index contributed by atoms with van der Waals surface area (Å²) in [5, 5.41) is 21.1. The Kier molecular flexibility index (Phi) is 3.64. The first-order valence-electron chi connectivity index (χ1n) is 6.97. The molecule has 122 valence electrons. The zero-order valence-electron chi connectivity index (χ0n) is 12.6. The maximum Gasteiger partial charge on any atom is 0.336 e. The lowest BCUT2D eigenvalue weighted by molar-refractivity contribution is -0.385. The standard InChI is InChI=1S/C16H12N2O6/c1-9-13(19)4-3-12-10(6-15(21)24-16(9)12)7-17-8-11(18(22)23)2-5-14(17)20/h2-6,8,19H,7H2,1H3. The highest BCUT2D eigenvalue weighted by Crippen LogP contribution is 2.27. The summed E-state index contributed by atoms with van der Waals surface area (Å²) in [4.78, 5) is 34.0. The van der Waals surface area contributed by atoms with E-state index >= 15 is 0 Å². The molecule has 0 amide bonds. The Labute approximate surface area is 134 Å². The first-order valence-corrected chi connectivity index (χ1v) is 6.97. The molecule has 8 nitrogen and oxygen atoms in total. The first-order chi connectivity index (χ1) is 11.4. The second-order valence-corrected chi connectivity index (χ2v) is 5.29. The molecule has 24 heavy (non-hydrogen) atoms. The highest BCUT2D eigenvalue weighted by atomic mass is 16.6. The summed E-state index contributed by atoms with van der Waals surface area (Å²) in [6.45, 7) is 1.57. The van der Waals surface area contributed by atoms with Gasteiger partial charge in [-0.15, -0.1) is 0 Å². The number of rotatable bonds is 3. The van der Waals surface area contributed by atoms with Gasteiger partial charge in [-0.25, -0.2) is 4.79 Å². The number of phenols is 1.